The number of hydrogen-bond donors (Lipinski definition) is 3. The lowest BCUT2D eigenvalue weighted by Crippen LogP contribution is -2.23. The smallest absolute Gasteiger partial charge is 0.335 e. The van der Waals surface area contributed by atoms with Crippen molar-refractivity contribution in [1.82, 2.24) is 14.9 Å². The lowest BCUT2D eigenvalue weighted by atomic mass is 10.2. The maximum Gasteiger partial charge on any atom is 0.335 e. The Labute approximate surface area is 106 Å². The molecule has 0 saturated carbocycles. The first-order chi connectivity index (χ1) is 9.06. The molecule has 0 bridgehead atoms. The number of carboxylic acid groups (broad SMARTS) is 1. The van der Waals surface area contributed by atoms with Crippen LogP contribution in [0.25, 0.3) is 11.0 Å². The number of nitrogens with zero attached hydrogens (tertiary/aromatic N) is 1. The van der Waals surface area contributed by atoms with Crippen molar-refractivity contribution >= 4 is 22.9 Å². The number of amides is 1. The molecule has 3 rings (SSSR count). The molecule has 1 aromatic heterocycles. The molecule has 98 valence electrons. The van der Waals surface area contributed by atoms with E-state index in [1.165, 1.54) is 16.7 Å². The zero-order valence-electron chi connectivity index (χ0n) is 9.84. The molecule has 3 N–H and O–H groups in total. The molecule has 1 aromatic carbocycles. The Bertz CT molecular complexity index is 743. The number of benzene rings is 1. The number of carbonyl (C=O) groups excluding carboxylic acids is 1. The highest BCUT2D eigenvalue weighted by molar-refractivity contribution is 5.92. The van der Waals surface area contributed by atoms with Gasteiger partial charge in [0.1, 0.15) is 0 Å². The van der Waals surface area contributed by atoms with Gasteiger partial charge in [-0.3, -0.25) is 9.36 Å². The van der Waals surface area contributed by atoms with Gasteiger partial charge < -0.3 is 15.4 Å². The van der Waals surface area contributed by atoms with E-state index in [1.54, 1.807) is 6.07 Å². The number of H-pyrrole nitrogens is 1. The molecule has 0 radical (unpaired) electrons. The summed E-state index contributed by atoms with van der Waals surface area (Å²) in [5.74, 6) is -1.14. The Kier molecular flexibility index (Phi) is 2.41. The fraction of sp³-hybridized carbons (Fsp3) is 0.250. The summed E-state index contributed by atoms with van der Waals surface area (Å²) in [4.78, 5) is 36.7. The van der Waals surface area contributed by atoms with Crippen LogP contribution < -0.4 is 11.0 Å². The van der Waals surface area contributed by atoms with Gasteiger partial charge in [-0.15, -0.1) is 0 Å². The third-order valence-electron chi connectivity index (χ3n) is 3.28. The summed E-state index contributed by atoms with van der Waals surface area (Å²) >= 11 is 0. The summed E-state index contributed by atoms with van der Waals surface area (Å²) in [5.41, 5.74) is 0.848. The van der Waals surface area contributed by atoms with E-state index in [0.717, 1.165) is 0 Å². The van der Waals surface area contributed by atoms with Crippen LogP contribution in [-0.4, -0.2) is 33.1 Å². The fourth-order valence-corrected chi connectivity index (χ4v) is 2.40. The summed E-state index contributed by atoms with van der Waals surface area (Å²) in [7, 11) is 0. The molecule has 2 aromatic rings. The summed E-state index contributed by atoms with van der Waals surface area (Å²) < 4.78 is 1.50. The number of aromatic amines is 1. The first-order valence-corrected chi connectivity index (χ1v) is 5.80. The van der Waals surface area contributed by atoms with Gasteiger partial charge in [0.15, 0.2) is 0 Å². The largest absolute Gasteiger partial charge is 0.478 e. The van der Waals surface area contributed by atoms with Crippen molar-refractivity contribution in [2.45, 2.75) is 12.5 Å². The topological polar surface area (TPSA) is 104 Å². The van der Waals surface area contributed by atoms with Gasteiger partial charge in [-0.2, -0.15) is 0 Å². The van der Waals surface area contributed by atoms with Crippen molar-refractivity contribution in [2.75, 3.05) is 6.54 Å². The van der Waals surface area contributed by atoms with Gasteiger partial charge >= 0.3 is 11.7 Å². The molecule has 1 amide bonds. The number of imidazole rings is 1. The van der Waals surface area contributed by atoms with Gasteiger partial charge in [-0.25, -0.2) is 9.59 Å². The highest BCUT2D eigenvalue weighted by Gasteiger charge is 2.26. The van der Waals surface area contributed by atoms with Crippen LogP contribution in [0.5, 0.6) is 0 Å². The molecular weight excluding hydrogens is 250 g/mol. The third kappa shape index (κ3) is 1.79. The second-order valence-electron chi connectivity index (χ2n) is 4.50. The van der Waals surface area contributed by atoms with Crippen LogP contribution in [0.1, 0.15) is 22.8 Å². The molecular formula is C12H11N3O4. The molecule has 1 unspecified atom stereocenters. The number of carboxylic acids is 1. The molecule has 1 atom stereocenters. The van der Waals surface area contributed by atoms with Crippen molar-refractivity contribution < 1.29 is 14.7 Å². The molecule has 7 heteroatoms. The average molecular weight is 261 g/mol. The summed E-state index contributed by atoms with van der Waals surface area (Å²) in [6, 6.07) is 4.21. The van der Waals surface area contributed by atoms with E-state index in [2.05, 4.69) is 10.3 Å². The number of aromatic carboxylic acids is 1. The molecule has 1 fully saturated rings. The lowest BCUT2D eigenvalue weighted by Gasteiger charge is -2.09. The van der Waals surface area contributed by atoms with E-state index in [9.17, 15) is 14.4 Å². The Morgan fingerprint density at radius 3 is 2.79 bits per heavy atom. The number of aromatic nitrogens is 2. The van der Waals surface area contributed by atoms with E-state index < -0.39 is 5.97 Å². The van der Waals surface area contributed by atoms with Crippen LogP contribution in [0.2, 0.25) is 0 Å². The Morgan fingerprint density at radius 1 is 1.37 bits per heavy atom. The SMILES string of the molecule is O=C1CC(n2c(=O)[nH]c3cc(C(=O)O)ccc32)CN1. The number of rotatable bonds is 2. The Balaban J connectivity index is 2.15. The first kappa shape index (κ1) is 11.5. The minimum atomic E-state index is -1.05. The van der Waals surface area contributed by atoms with Crippen LogP contribution in [0.15, 0.2) is 23.0 Å². The zero-order chi connectivity index (χ0) is 13.6. The first-order valence-electron chi connectivity index (χ1n) is 5.80. The maximum absolute atomic E-state index is 11.9. The predicted octanol–water partition coefficient (Wildman–Crippen LogP) is 0.0888. The van der Waals surface area contributed by atoms with Crippen molar-refractivity contribution in [3.05, 3.63) is 34.2 Å². The van der Waals surface area contributed by atoms with Crippen molar-refractivity contribution in [2.24, 2.45) is 0 Å². The average Bonchev–Trinajstić information content (AvgIpc) is 2.90. The van der Waals surface area contributed by atoms with Crippen molar-refractivity contribution in [1.29, 1.82) is 0 Å². The molecule has 1 aliphatic rings. The monoisotopic (exact) mass is 261 g/mol. The van der Waals surface area contributed by atoms with Gasteiger partial charge in [0.25, 0.3) is 0 Å². The van der Waals surface area contributed by atoms with Gasteiger partial charge in [-0.1, -0.05) is 0 Å². The van der Waals surface area contributed by atoms with Crippen LogP contribution in [-0.2, 0) is 4.79 Å². The summed E-state index contributed by atoms with van der Waals surface area (Å²) in [6.07, 6.45) is 0.257. The normalized spacial score (nSPS) is 18.7. The molecule has 19 heavy (non-hydrogen) atoms. The van der Waals surface area contributed by atoms with Crippen LogP contribution in [0.3, 0.4) is 0 Å². The zero-order valence-corrected chi connectivity index (χ0v) is 9.84. The molecule has 1 saturated heterocycles. The highest BCUT2D eigenvalue weighted by Crippen LogP contribution is 2.21. The fourth-order valence-electron chi connectivity index (χ4n) is 2.40. The van der Waals surface area contributed by atoms with E-state index in [0.29, 0.717) is 17.6 Å². The predicted molar refractivity (Wildman–Crippen MR) is 66.2 cm³/mol. The van der Waals surface area contributed by atoms with Gasteiger partial charge in [0.05, 0.1) is 22.6 Å². The second kappa shape index (κ2) is 3.98. The van der Waals surface area contributed by atoms with Crippen molar-refractivity contribution in [3.63, 3.8) is 0 Å². The quantitative estimate of drug-likeness (QED) is 0.712. The van der Waals surface area contributed by atoms with E-state index >= 15 is 0 Å². The lowest BCUT2D eigenvalue weighted by molar-refractivity contribution is -0.119. The van der Waals surface area contributed by atoms with Gasteiger partial charge in [-0.05, 0) is 18.2 Å². The van der Waals surface area contributed by atoms with Gasteiger partial charge in [0, 0.05) is 13.0 Å². The van der Waals surface area contributed by atoms with E-state index in [1.807, 2.05) is 0 Å². The van der Waals surface area contributed by atoms with Gasteiger partial charge in [0.2, 0.25) is 5.91 Å². The minimum Gasteiger partial charge on any atom is -0.478 e. The molecule has 1 aliphatic heterocycles. The Morgan fingerprint density at radius 2 is 2.16 bits per heavy atom. The summed E-state index contributed by atoms with van der Waals surface area (Å²) in [6.45, 7) is 0.409. The van der Waals surface area contributed by atoms with Crippen molar-refractivity contribution in [3.8, 4) is 0 Å². The van der Waals surface area contributed by atoms with Crippen LogP contribution >= 0.6 is 0 Å². The van der Waals surface area contributed by atoms with E-state index in [4.69, 9.17) is 5.11 Å². The molecule has 7 nitrogen and oxygen atoms in total. The Hall–Kier alpha value is -2.57. The molecule has 2 heterocycles. The minimum absolute atomic E-state index is 0.0894. The second-order valence-corrected chi connectivity index (χ2v) is 4.50. The summed E-state index contributed by atoms with van der Waals surface area (Å²) in [5, 5.41) is 11.6. The highest BCUT2D eigenvalue weighted by atomic mass is 16.4. The number of nitrogens with one attached hydrogen (secondary N) is 2. The number of fused-ring (bicyclic) bond motifs is 1. The van der Waals surface area contributed by atoms with Crippen LogP contribution in [0, 0.1) is 0 Å². The molecule has 0 aliphatic carbocycles. The third-order valence-corrected chi connectivity index (χ3v) is 3.28. The standard InChI is InChI=1S/C12H11N3O4/c16-10-4-7(5-13-10)15-9-2-1-6(11(17)18)3-8(9)14-12(15)19/h1-3,7H,4-5H2,(H,13,16)(H,14,19)(H,17,18). The number of carbonyl (C=O) groups is 2. The van der Waals surface area contributed by atoms with Crippen LogP contribution in [0.4, 0.5) is 0 Å². The number of hydrogen-bond acceptors (Lipinski definition) is 3. The molecule has 0 spiro atoms. The van der Waals surface area contributed by atoms with E-state index in [-0.39, 0.29) is 29.6 Å². The maximum atomic E-state index is 11.9.